The number of rotatable bonds is 5. The second-order valence-electron chi connectivity index (χ2n) is 4.72. The number of hydrogen-bond donors (Lipinski definition) is 1. The van der Waals surface area contributed by atoms with Crippen molar-refractivity contribution in [2.24, 2.45) is 0 Å². The lowest BCUT2D eigenvalue weighted by Crippen LogP contribution is -2.37. The molecule has 4 heteroatoms. The van der Waals surface area contributed by atoms with Crippen LogP contribution in [0.4, 0.5) is 10.5 Å². The van der Waals surface area contributed by atoms with Crippen LogP contribution >= 0.6 is 11.6 Å². The third-order valence-corrected chi connectivity index (χ3v) is 3.35. The second kappa shape index (κ2) is 6.10. The zero-order valence-electron chi connectivity index (χ0n) is 10.7. The predicted molar refractivity (Wildman–Crippen MR) is 75.1 cm³/mol. The summed E-state index contributed by atoms with van der Waals surface area (Å²) in [6, 6.07) is 7.67. The van der Waals surface area contributed by atoms with Gasteiger partial charge in [0.15, 0.2) is 0 Å². The fourth-order valence-corrected chi connectivity index (χ4v) is 2.02. The molecule has 98 valence electrons. The molecule has 1 fully saturated rings. The molecular weight excluding hydrogens is 248 g/mol. The van der Waals surface area contributed by atoms with Crippen LogP contribution in [0.2, 0.25) is 5.02 Å². The van der Waals surface area contributed by atoms with Crippen LogP contribution in [0.25, 0.3) is 0 Å². The molecular formula is C14H19ClN2O. The largest absolute Gasteiger partial charge is 0.322 e. The van der Waals surface area contributed by atoms with Crippen molar-refractivity contribution < 1.29 is 4.79 Å². The monoisotopic (exact) mass is 266 g/mol. The third kappa shape index (κ3) is 3.64. The Hall–Kier alpha value is -1.22. The van der Waals surface area contributed by atoms with Crippen molar-refractivity contribution >= 4 is 23.3 Å². The van der Waals surface area contributed by atoms with Gasteiger partial charge in [0.1, 0.15) is 0 Å². The average Bonchev–Trinajstić information content (AvgIpc) is 3.17. The Morgan fingerprint density at radius 2 is 2.06 bits per heavy atom. The minimum Gasteiger partial charge on any atom is -0.322 e. The van der Waals surface area contributed by atoms with Crippen molar-refractivity contribution in [2.75, 3.05) is 11.9 Å². The van der Waals surface area contributed by atoms with E-state index in [4.69, 9.17) is 11.6 Å². The maximum absolute atomic E-state index is 12.2. The van der Waals surface area contributed by atoms with Gasteiger partial charge in [0, 0.05) is 23.3 Å². The van der Waals surface area contributed by atoms with Crippen LogP contribution in [-0.4, -0.2) is 23.5 Å². The molecule has 0 bridgehead atoms. The molecule has 0 spiro atoms. The number of hydrogen-bond acceptors (Lipinski definition) is 1. The Morgan fingerprint density at radius 3 is 2.61 bits per heavy atom. The van der Waals surface area contributed by atoms with Crippen LogP contribution in [0.3, 0.4) is 0 Å². The van der Waals surface area contributed by atoms with Crippen LogP contribution in [-0.2, 0) is 0 Å². The van der Waals surface area contributed by atoms with Crippen LogP contribution in [0.5, 0.6) is 0 Å². The molecule has 0 heterocycles. The summed E-state index contributed by atoms with van der Waals surface area (Å²) >= 11 is 5.82. The number of carbonyl (C=O) groups excluding carboxylic acids is 1. The minimum atomic E-state index is 0.00766. The lowest BCUT2D eigenvalue weighted by Gasteiger charge is -2.22. The molecule has 0 unspecified atom stereocenters. The maximum Gasteiger partial charge on any atom is 0.322 e. The van der Waals surface area contributed by atoms with Crippen molar-refractivity contribution in [1.29, 1.82) is 0 Å². The van der Waals surface area contributed by atoms with Crippen molar-refractivity contribution in [2.45, 2.75) is 38.6 Å². The fraction of sp³-hybridized carbons (Fsp3) is 0.500. The van der Waals surface area contributed by atoms with Gasteiger partial charge in [-0.05, 0) is 43.5 Å². The molecule has 1 aromatic carbocycles. The molecule has 0 saturated heterocycles. The van der Waals surface area contributed by atoms with E-state index in [1.807, 2.05) is 17.0 Å². The number of unbranched alkanes of at least 4 members (excludes halogenated alkanes) is 1. The Morgan fingerprint density at radius 1 is 1.39 bits per heavy atom. The van der Waals surface area contributed by atoms with Crippen molar-refractivity contribution in [3.63, 3.8) is 0 Å². The summed E-state index contributed by atoms with van der Waals surface area (Å²) in [7, 11) is 0. The number of anilines is 1. The SMILES string of the molecule is CCCCN(C(=O)Nc1ccc(Cl)cc1)C1CC1. The van der Waals surface area contributed by atoms with Gasteiger partial charge in [-0.25, -0.2) is 4.79 Å². The van der Waals surface area contributed by atoms with Crippen molar-refractivity contribution in [3.05, 3.63) is 29.3 Å². The molecule has 1 aromatic rings. The van der Waals surface area contributed by atoms with Gasteiger partial charge < -0.3 is 10.2 Å². The Labute approximate surface area is 113 Å². The normalized spacial score (nSPS) is 14.3. The van der Waals surface area contributed by atoms with Crippen LogP contribution < -0.4 is 5.32 Å². The van der Waals surface area contributed by atoms with E-state index in [-0.39, 0.29) is 6.03 Å². The van der Waals surface area contributed by atoms with E-state index < -0.39 is 0 Å². The van der Waals surface area contributed by atoms with Gasteiger partial charge in [-0.1, -0.05) is 24.9 Å². The molecule has 0 atom stereocenters. The molecule has 18 heavy (non-hydrogen) atoms. The molecule has 2 amide bonds. The standard InChI is InChI=1S/C14H19ClN2O/c1-2-3-10-17(13-8-9-13)14(18)16-12-6-4-11(15)5-7-12/h4-7,13H,2-3,8-10H2,1H3,(H,16,18). The van der Waals surface area contributed by atoms with Gasteiger partial charge in [0.2, 0.25) is 0 Å². The maximum atomic E-state index is 12.2. The van der Waals surface area contributed by atoms with Crippen molar-refractivity contribution in [1.82, 2.24) is 4.90 Å². The second-order valence-corrected chi connectivity index (χ2v) is 5.15. The lowest BCUT2D eigenvalue weighted by molar-refractivity contribution is 0.208. The zero-order chi connectivity index (χ0) is 13.0. The lowest BCUT2D eigenvalue weighted by atomic mass is 10.3. The first-order valence-electron chi connectivity index (χ1n) is 6.54. The number of carbonyl (C=O) groups is 1. The Balaban J connectivity index is 1.93. The number of nitrogens with one attached hydrogen (secondary N) is 1. The number of halogens is 1. The van der Waals surface area contributed by atoms with E-state index in [0.29, 0.717) is 11.1 Å². The zero-order valence-corrected chi connectivity index (χ0v) is 11.4. The average molecular weight is 267 g/mol. The number of amides is 2. The van der Waals surface area contributed by atoms with Crippen LogP contribution in [0.15, 0.2) is 24.3 Å². The highest BCUT2D eigenvalue weighted by Gasteiger charge is 2.31. The highest BCUT2D eigenvalue weighted by Crippen LogP contribution is 2.28. The minimum absolute atomic E-state index is 0.00766. The first-order valence-corrected chi connectivity index (χ1v) is 6.91. The molecule has 0 aliphatic heterocycles. The van der Waals surface area contributed by atoms with E-state index in [2.05, 4.69) is 12.2 Å². The number of benzene rings is 1. The van der Waals surface area contributed by atoms with E-state index >= 15 is 0 Å². The first kappa shape index (κ1) is 13.2. The summed E-state index contributed by atoms with van der Waals surface area (Å²) in [6.07, 6.45) is 4.44. The van der Waals surface area contributed by atoms with Gasteiger partial charge in [-0.2, -0.15) is 0 Å². The molecule has 1 N–H and O–H groups in total. The predicted octanol–water partition coefficient (Wildman–Crippen LogP) is 4.14. The van der Waals surface area contributed by atoms with Gasteiger partial charge in [-0.15, -0.1) is 0 Å². The highest BCUT2D eigenvalue weighted by atomic mass is 35.5. The van der Waals surface area contributed by atoms with E-state index in [0.717, 1.165) is 37.9 Å². The van der Waals surface area contributed by atoms with E-state index in [1.54, 1.807) is 12.1 Å². The summed E-state index contributed by atoms with van der Waals surface area (Å²) in [5, 5.41) is 3.61. The molecule has 1 aliphatic carbocycles. The quantitative estimate of drug-likeness (QED) is 0.854. The summed E-state index contributed by atoms with van der Waals surface area (Å²) in [4.78, 5) is 14.1. The molecule has 2 rings (SSSR count). The molecule has 1 aliphatic rings. The van der Waals surface area contributed by atoms with E-state index in [1.165, 1.54) is 0 Å². The fourth-order valence-electron chi connectivity index (χ4n) is 1.89. The topological polar surface area (TPSA) is 32.3 Å². The Kier molecular flexibility index (Phi) is 4.48. The summed E-state index contributed by atoms with van der Waals surface area (Å²) in [5.74, 6) is 0. The number of urea groups is 1. The van der Waals surface area contributed by atoms with Gasteiger partial charge in [0.05, 0.1) is 0 Å². The van der Waals surface area contributed by atoms with Crippen LogP contribution in [0, 0.1) is 0 Å². The highest BCUT2D eigenvalue weighted by molar-refractivity contribution is 6.30. The Bertz CT molecular complexity index is 401. The molecule has 0 radical (unpaired) electrons. The van der Waals surface area contributed by atoms with E-state index in [9.17, 15) is 4.79 Å². The van der Waals surface area contributed by atoms with Crippen molar-refractivity contribution in [3.8, 4) is 0 Å². The summed E-state index contributed by atoms with van der Waals surface area (Å²) < 4.78 is 0. The first-order chi connectivity index (χ1) is 8.70. The third-order valence-electron chi connectivity index (χ3n) is 3.10. The molecule has 0 aromatic heterocycles. The molecule has 3 nitrogen and oxygen atoms in total. The van der Waals surface area contributed by atoms with Gasteiger partial charge in [0.25, 0.3) is 0 Å². The number of nitrogens with zero attached hydrogens (tertiary/aromatic N) is 1. The molecule has 1 saturated carbocycles. The van der Waals surface area contributed by atoms with Gasteiger partial charge in [-0.3, -0.25) is 0 Å². The van der Waals surface area contributed by atoms with Gasteiger partial charge >= 0.3 is 6.03 Å². The summed E-state index contributed by atoms with van der Waals surface area (Å²) in [5.41, 5.74) is 0.798. The van der Waals surface area contributed by atoms with Crippen LogP contribution in [0.1, 0.15) is 32.6 Å². The summed E-state index contributed by atoms with van der Waals surface area (Å²) in [6.45, 7) is 2.99. The smallest absolute Gasteiger partial charge is 0.322 e.